The molecule has 1 aliphatic rings. The van der Waals surface area contributed by atoms with Crippen LogP contribution in [-0.4, -0.2) is 44.2 Å². The molecular weight excluding hydrogens is 442 g/mol. The molecule has 0 bridgehead atoms. The Hall–Kier alpha value is -3.84. The third-order valence-electron chi connectivity index (χ3n) is 5.77. The summed E-state index contributed by atoms with van der Waals surface area (Å²) in [6.07, 6.45) is 2.25. The van der Waals surface area contributed by atoms with Crippen LogP contribution in [0, 0.1) is 0 Å². The molecule has 2 amide bonds. The molecule has 0 saturated carbocycles. The topological polar surface area (TPSA) is 79.9 Å². The molecule has 4 rings (SSSR count). The van der Waals surface area contributed by atoms with E-state index in [1.54, 1.807) is 29.2 Å². The summed E-state index contributed by atoms with van der Waals surface area (Å²) in [6, 6.07) is 24.0. The van der Waals surface area contributed by atoms with Crippen molar-refractivity contribution in [3.63, 3.8) is 0 Å². The SMILES string of the molecule is CCN(C(=O)c1cccc(NC(=O)CNc2cccc(OCC3CCCO3)c2)c1)c1ccccc1. The van der Waals surface area contributed by atoms with E-state index in [2.05, 4.69) is 10.6 Å². The van der Waals surface area contributed by atoms with Crippen LogP contribution in [0.5, 0.6) is 5.75 Å². The van der Waals surface area contributed by atoms with Gasteiger partial charge in [0.2, 0.25) is 5.91 Å². The third-order valence-corrected chi connectivity index (χ3v) is 5.77. The van der Waals surface area contributed by atoms with Crippen molar-refractivity contribution in [3.8, 4) is 5.75 Å². The number of amides is 2. The van der Waals surface area contributed by atoms with Crippen LogP contribution in [0.25, 0.3) is 0 Å². The molecule has 0 radical (unpaired) electrons. The first-order valence-electron chi connectivity index (χ1n) is 12.0. The first-order valence-corrected chi connectivity index (χ1v) is 12.0. The Balaban J connectivity index is 1.31. The van der Waals surface area contributed by atoms with Crippen LogP contribution in [0.4, 0.5) is 17.1 Å². The average molecular weight is 474 g/mol. The van der Waals surface area contributed by atoms with Crippen LogP contribution in [0.1, 0.15) is 30.1 Å². The van der Waals surface area contributed by atoms with Gasteiger partial charge in [0.1, 0.15) is 12.4 Å². The molecule has 2 N–H and O–H groups in total. The first-order chi connectivity index (χ1) is 17.1. The molecule has 1 unspecified atom stereocenters. The van der Waals surface area contributed by atoms with Gasteiger partial charge in [0.15, 0.2) is 0 Å². The van der Waals surface area contributed by atoms with E-state index in [0.717, 1.165) is 36.6 Å². The Labute approximate surface area is 206 Å². The van der Waals surface area contributed by atoms with E-state index < -0.39 is 0 Å². The maximum atomic E-state index is 13.1. The fraction of sp³-hybridized carbons (Fsp3) is 0.286. The molecule has 35 heavy (non-hydrogen) atoms. The highest BCUT2D eigenvalue weighted by Crippen LogP contribution is 2.21. The van der Waals surface area contributed by atoms with Crippen LogP contribution in [-0.2, 0) is 9.53 Å². The minimum absolute atomic E-state index is 0.0818. The summed E-state index contributed by atoms with van der Waals surface area (Å²) in [5.41, 5.74) is 2.70. The van der Waals surface area contributed by atoms with E-state index >= 15 is 0 Å². The smallest absolute Gasteiger partial charge is 0.258 e. The monoisotopic (exact) mass is 473 g/mol. The molecule has 0 aliphatic carbocycles. The Bertz CT molecular complexity index is 1130. The van der Waals surface area contributed by atoms with Gasteiger partial charge >= 0.3 is 0 Å². The quantitative estimate of drug-likeness (QED) is 0.435. The summed E-state index contributed by atoms with van der Waals surface area (Å²) in [5, 5.41) is 5.98. The fourth-order valence-electron chi connectivity index (χ4n) is 3.99. The van der Waals surface area contributed by atoms with Crippen molar-refractivity contribution in [2.45, 2.75) is 25.9 Å². The van der Waals surface area contributed by atoms with Gasteiger partial charge in [-0.05, 0) is 62.2 Å². The van der Waals surface area contributed by atoms with Crippen LogP contribution in [0.15, 0.2) is 78.9 Å². The standard InChI is InChI=1S/C28H31N3O4/c1-2-31(24-12-4-3-5-13-24)28(33)21-9-6-11-23(17-21)30-27(32)19-29-22-10-7-14-25(18-22)35-20-26-15-8-16-34-26/h3-7,9-14,17-18,26,29H,2,8,15-16,19-20H2,1H3,(H,30,32). The zero-order valence-electron chi connectivity index (χ0n) is 19.9. The molecular formula is C28H31N3O4. The summed E-state index contributed by atoms with van der Waals surface area (Å²) in [4.78, 5) is 27.3. The zero-order chi connectivity index (χ0) is 24.5. The number of benzene rings is 3. The number of anilines is 3. The van der Waals surface area contributed by atoms with Crippen molar-refractivity contribution in [1.29, 1.82) is 0 Å². The van der Waals surface area contributed by atoms with Crippen molar-refractivity contribution in [2.75, 3.05) is 41.8 Å². The van der Waals surface area contributed by atoms with E-state index in [-0.39, 0.29) is 24.5 Å². The maximum Gasteiger partial charge on any atom is 0.258 e. The van der Waals surface area contributed by atoms with E-state index in [0.29, 0.717) is 24.4 Å². The fourth-order valence-corrected chi connectivity index (χ4v) is 3.99. The molecule has 3 aromatic rings. The van der Waals surface area contributed by atoms with Gasteiger partial charge in [-0.1, -0.05) is 30.3 Å². The lowest BCUT2D eigenvalue weighted by atomic mass is 10.1. The summed E-state index contributed by atoms with van der Waals surface area (Å²) < 4.78 is 11.4. The number of rotatable bonds is 10. The Morgan fingerprint density at radius 1 is 1.00 bits per heavy atom. The maximum absolute atomic E-state index is 13.1. The average Bonchev–Trinajstić information content (AvgIpc) is 3.42. The highest BCUT2D eigenvalue weighted by molar-refractivity contribution is 6.07. The van der Waals surface area contributed by atoms with Gasteiger partial charge in [-0.25, -0.2) is 0 Å². The number of ether oxygens (including phenoxy) is 2. The van der Waals surface area contributed by atoms with Crippen molar-refractivity contribution < 1.29 is 19.1 Å². The van der Waals surface area contributed by atoms with Gasteiger partial charge in [0.25, 0.3) is 5.91 Å². The molecule has 7 heteroatoms. The number of nitrogens with one attached hydrogen (secondary N) is 2. The molecule has 0 aromatic heterocycles. The highest BCUT2D eigenvalue weighted by atomic mass is 16.5. The normalized spacial score (nSPS) is 14.8. The van der Waals surface area contributed by atoms with Crippen molar-refractivity contribution >= 4 is 28.9 Å². The molecule has 0 spiro atoms. The summed E-state index contributed by atoms with van der Waals surface area (Å²) >= 11 is 0. The molecule has 1 aliphatic heterocycles. The molecule has 3 aromatic carbocycles. The molecule has 1 saturated heterocycles. The minimum atomic E-state index is -0.212. The van der Waals surface area contributed by atoms with Gasteiger partial charge in [-0.15, -0.1) is 0 Å². The second-order valence-corrected chi connectivity index (χ2v) is 8.34. The number of nitrogens with zero attached hydrogens (tertiary/aromatic N) is 1. The molecule has 1 heterocycles. The molecule has 7 nitrogen and oxygen atoms in total. The lowest BCUT2D eigenvalue weighted by molar-refractivity contribution is -0.114. The molecule has 182 valence electrons. The highest BCUT2D eigenvalue weighted by Gasteiger charge is 2.17. The Morgan fingerprint density at radius 2 is 1.80 bits per heavy atom. The number of carbonyl (C=O) groups excluding carboxylic acids is 2. The summed E-state index contributed by atoms with van der Waals surface area (Å²) in [6.45, 7) is 3.88. The van der Waals surface area contributed by atoms with Crippen LogP contribution < -0.4 is 20.3 Å². The minimum Gasteiger partial charge on any atom is -0.491 e. The molecule has 1 atom stereocenters. The van der Waals surface area contributed by atoms with Gasteiger partial charge in [0, 0.05) is 41.8 Å². The van der Waals surface area contributed by atoms with Crippen LogP contribution in [0.3, 0.4) is 0 Å². The van der Waals surface area contributed by atoms with Crippen molar-refractivity contribution in [1.82, 2.24) is 0 Å². The number of carbonyl (C=O) groups is 2. The van der Waals surface area contributed by atoms with Crippen molar-refractivity contribution in [2.24, 2.45) is 0 Å². The number of para-hydroxylation sites is 1. The Kier molecular flexibility index (Phi) is 8.35. The summed E-state index contributed by atoms with van der Waals surface area (Å²) in [5.74, 6) is 0.402. The number of hydrogen-bond acceptors (Lipinski definition) is 5. The second kappa shape index (κ2) is 12.0. The van der Waals surface area contributed by atoms with E-state index in [9.17, 15) is 9.59 Å². The van der Waals surface area contributed by atoms with Gasteiger partial charge in [0.05, 0.1) is 12.6 Å². The first kappa shape index (κ1) is 24.3. The summed E-state index contributed by atoms with van der Waals surface area (Å²) in [7, 11) is 0. The lowest BCUT2D eigenvalue weighted by Crippen LogP contribution is -2.30. The number of hydrogen-bond donors (Lipinski definition) is 2. The second-order valence-electron chi connectivity index (χ2n) is 8.34. The van der Waals surface area contributed by atoms with Gasteiger partial charge in [-0.3, -0.25) is 9.59 Å². The predicted molar refractivity (Wildman–Crippen MR) is 138 cm³/mol. The van der Waals surface area contributed by atoms with E-state index in [1.807, 2.05) is 61.5 Å². The largest absolute Gasteiger partial charge is 0.491 e. The van der Waals surface area contributed by atoms with Crippen LogP contribution >= 0.6 is 0 Å². The van der Waals surface area contributed by atoms with E-state index in [4.69, 9.17) is 9.47 Å². The third kappa shape index (κ3) is 6.83. The Morgan fingerprint density at radius 3 is 2.57 bits per heavy atom. The van der Waals surface area contributed by atoms with Crippen LogP contribution in [0.2, 0.25) is 0 Å². The van der Waals surface area contributed by atoms with Gasteiger partial charge in [-0.2, -0.15) is 0 Å². The molecule has 1 fully saturated rings. The van der Waals surface area contributed by atoms with Crippen molar-refractivity contribution in [3.05, 3.63) is 84.4 Å². The predicted octanol–water partition coefficient (Wildman–Crippen LogP) is 4.96. The van der Waals surface area contributed by atoms with E-state index in [1.165, 1.54) is 0 Å². The lowest BCUT2D eigenvalue weighted by Gasteiger charge is -2.21. The zero-order valence-corrected chi connectivity index (χ0v) is 19.9. The van der Waals surface area contributed by atoms with Gasteiger partial charge < -0.3 is 25.0 Å².